The Hall–Kier alpha value is -2.51. The van der Waals surface area contributed by atoms with E-state index in [1.54, 1.807) is 15.9 Å². The second-order valence-electron chi connectivity index (χ2n) is 8.81. The molecule has 1 spiro atoms. The van der Waals surface area contributed by atoms with E-state index in [0.29, 0.717) is 13.1 Å². The molecule has 2 aromatic heterocycles. The molecule has 1 saturated heterocycles. The lowest BCUT2D eigenvalue weighted by atomic mass is 9.85. The molecule has 7 heteroatoms. The first kappa shape index (κ1) is 19.5. The van der Waals surface area contributed by atoms with Gasteiger partial charge in [-0.25, -0.2) is 4.68 Å². The van der Waals surface area contributed by atoms with Crippen molar-refractivity contribution in [2.75, 3.05) is 13.1 Å². The number of likely N-dealkylation sites (tertiary alicyclic amines) is 1. The van der Waals surface area contributed by atoms with Crippen LogP contribution in [0, 0.1) is 13.8 Å². The Balaban J connectivity index is 1.44. The van der Waals surface area contributed by atoms with E-state index in [2.05, 4.69) is 36.9 Å². The smallest absolute Gasteiger partial charge is 0.298 e. The maximum Gasteiger partial charge on any atom is 0.332 e. The summed E-state index contributed by atoms with van der Waals surface area (Å²) in [5, 5.41) is 6.72. The highest BCUT2D eigenvalue weighted by Gasteiger charge is 2.47. The second kappa shape index (κ2) is 7.32. The van der Waals surface area contributed by atoms with Gasteiger partial charge in [0, 0.05) is 29.9 Å². The van der Waals surface area contributed by atoms with Gasteiger partial charge in [-0.3, -0.25) is 19.1 Å². The Bertz CT molecular complexity index is 1190. The molecule has 2 aliphatic heterocycles. The summed E-state index contributed by atoms with van der Waals surface area (Å²) in [5.74, 6) is 0.798. The number of hydrogen-bond acceptors (Lipinski definition) is 5. The van der Waals surface area contributed by atoms with Crippen LogP contribution in [0.25, 0.3) is 0 Å². The summed E-state index contributed by atoms with van der Waals surface area (Å²) in [6, 6.07) is 10.6. The average molecular weight is 423 g/mol. The van der Waals surface area contributed by atoms with Crippen molar-refractivity contribution in [3.8, 4) is 0 Å². The van der Waals surface area contributed by atoms with Crippen molar-refractivity contribution >= 4 is 11.3 Å². The summed E-state index contributed by atoms with van der Waals surface area (Å²) in [6.07, 6.45) is 1.85. The van der Waals surface area contributed by atoms with Gasteiger partial charge < -0.3 is 0 Å². The van der Waals surface area contributed by atoms with E-state index < -0.39 is 11.1 Å². The summed E-state index contributed by atoms with van der Waals surface area (Å²) in [4.78, 5) is 28.9. The van der Waals surface area contributed by atoms with Gasteiger partial charge in [0.2, 0.25) is 0 Å². The van der Waals surface area contributed by atoms with Crippen molar-refractivity contribution < 1.29 is 0 Å². The van der Waals surface area contributed by atoms with Gasteiger partial charge in [-0.05, 0) is 50.2 Å². The molecule has 3 aromatic rings. The predicted molar refractivity (Wildman–Crippen MR) is 118 cm³/mol. The summed E-state index contributed by atoms with van der Waals surface area (Å²) in [5.41, 5.74) is 2.82. The monoisotopic (exact) mass is 422 g/mol. The Kier molecular flexibility index (Phi) is 4.75. The fourth-order valence-corrected chi connectivity index (χ4v) is 5.81. The minimum atomic E-state index is -0.519. The van der Waals surface area contributed by atoms with Crippen molar-refractivity contribution in [2.24, 2.45) is 0 Å². The molecule has 4 heterocycles. The number of aromatic nitrogens is 3. The van der Waals surface area contributed by atoms with Crippen LogP contribution in [-0.4, -0.2) is 32.3 Å². The predicted octanol–water partition coefficient (Wildman–Crippen LogP) is 2.68. The molecule has 0 amide bonds. The highest BCUT2D eigenvalue weighted by Crippen LogP contribution is 2.40. The number of nitrogens with zero attached hydrogens (tertiary/aromatic N) is 4. The van der Waals surface area contributed by atoms with Crippen molar-refractivity contribution in [1.82, 2.24) is 19.2 Å². The molecular weight excluding hydrogens is 396 g/mol. The summed E-state index contributed by atoms with van der Waals surface area (Å²) in [6.45, 7) is 7.99. The molecular formula is C23H26N4O2S. The number of aryl methyl sites for hydroxylation is 2. The van der Waals surface area contributed by atoms with Gasteiger partial charge in [0.05, 0.1) is 6.54 Å². The van der Waals surface area contributed by atoms with Gasteiger partial charge in [-0.15, -0.1) is 11.3 Å². The lowest BCUT2D eigenvalue weighted by molar-refractivity contribution is 0.298. The largest absolute Gasteiger partial charge is 0.332 e. The topological polar surface area (TPSA) is 60.1 Å². The Morgan fingerprint density at radius 3 is 2.53 bits per heavy atom. The number of rotatable bonds is 4. The SMILES string of the molecule is Cc1cc(C)cc(CN2CC[C@]3(CCn4c3nn(Cc3cccs3)c(=O)c4=O)C2)c1. The molecule has 1 fully saturated rings. The lowest BCUT2D eigenvalue weighted by Gasteiger charge is -2.24. The van der Waals surface area contributed by atoms with Crippen molar-refractivity contribution in [1.29, 1.82) is 0 Å². The lowest BCUT2D eigenvalue weighted by Crippen LogP contribution is -2.45. The fourth-order valence-electron chi connectivity index (χ4n) is 5.13. The molecule has 5 rings (SSSR count). The van der Waals surface area contributed by atoms with E-state index in [1.807, 2.05) is 17.5 Å². The first-order valence-electron chi connectivity index (χ1n) is 10.5. The number of hydrogen-bond donors (Lipinski definition) is 0. The third kappa shape index (κ3) is 3.36. The first-order chi connectivity index (χ1) is 14.4. The van der Waals surface area contributed by atoms with Gasteiger partial charge in [-0.2, -0.15) is 5.10 Å². The molecule has 156 valence electrons. The highest BCUT2D eigenvalue weighted by atomic mass is 32.1. The maximum atomic E-state index is 12.8. The van der Waals surface area contributed by atoms with Gasteiger partial charge in [0.15, 0.2) is 0 Å². The first-order valence-corrected chi connectivity index (χ1v) is 11.4. The normalized spacial score (nSPS) is 20.9. The third-order valence-electron chi connectivity index (χ3n) is 6.43. The Morgan fingerprint density at radius 1 is 1.03 bits per heavy atom. The van der Waals surface area contributed by atoms with Crippen LogP contribution in [0.5, 0.6) is 0 Å². The number of fused-ring (bicyclic) bond motifs is 2. The summed E-state index contributed by atoms with van der Waals surface area (Å²) < 4.78 is 3.01. The van der Waals surface area contributed by atoms with Crippen LogP contribution in [0.3, 0.4) is 0 Å². The minimum Gasteiger partial charge on any atom is -0.298 e. The van der Waals surface area contributed by atoms with Crippen LogP contribution in [0.1, 0.15) is 40.2 Å². The molecule has 30 heavy (non-hydrogen) atoms. The van der Waals surface area contributed by atoms with Crippen LogP contribution < -0.4 is 11.1 Å². The van der Waals surface area contributed by atoms with Crippen molar-refractivity contribution in [3.05, 3.63) is 83.8 Å². The van der Waals surface area contributed by atoms with E-state index >= 15 is 0 Å². The van der Waals surface area contributed by atoms with Gasteiger partial charge in [0.25, 0.3) is 0 Å². The molecule has 0 bridgehead atoms. The van der Waals surface area contributed by atoms with Crippen LogP contribution in [0.15, 0.2) is 45.3 Å². The molecule has 0 aliphatic carbocycles. The third-order valence-corrected chi connectivity index (χ3v) is 7.29. The molecule has 2 aliphatic rings. The standard InChI is InChI=1S/C23H26N4O2S/c1-16-10-17(2)12-18(11-16)13-25-7-5-23(15-25)6-8-26-20(28)21(29)27(24-22(23)26)14-19-4-3-9-30-19/h3-4,9-12H,5-8,13-15H2,1-2H3/t23-/m0/s1. The molecule has 0 radical (unpaired) electrons. The number of benzene rings is 1. The molecule has 0 unspecified atom stereocenters. The van der Waals surface area contributed by atoms with E-state index in [-0.39, 0.29) is 5.41 Å². The van der Waals surface area contributed by atoms with Crippen LogP contribution in [0.2, 0.25) is 0 Å². The Morgan fingerprint density at radius 2 is 1.80 bits per heavy atom. The Labute approximate surface area is 179 Å². The molecule has 0 saturated carbocycles. The van der Waals surface area contributed by atoms with E-state index in [1.165, 1.54) is 21.4 Å². The van der Waals surface area contributed by atoms with Crippen LogP contribution >= 0.6 is 11.3 Å². The average Bonchev–Trinajstić information content (AvgIpc) is 3.41. The molecule has 1 aromatic carbocycles. The summed E-state index contributed by atoms with van der Waals surface area (Å²) in [7, 11) is 0. The number of thiophene rings is 1. The van der Waals surface area contributed by atoms with Crippen LogP contribution in [0.4, 0.5) is 0 Å². The zero-order valence-electron chi connectivity index (χ0n) is 17.4. The molecule has 1 atom stereocenters. The fraction of sp³-hybridized carbons (Fsp3) is 0.435. The van der Waals surface area contributed by atoms with E-state index in [4.69, 9.17) is 5.10 Å². The quantitative estimate of drug-likeness (QED) is 0.607. The highest BCUT2D eigenvalue weighted by molar-refractivity contribution is 7.09. The van der Waals surface area contributed by atoms with Gasteiger partial charge in [0.1, 0.15) is 5.82 Å². The van der Waals surface area contributed by atoms with Crippen molar-refractivity contribution in [3.63, 3.8) is 0 Å². The van der Waals surface area contributed by atoms with Gasteiger partial charge >= 0.3 is 11.1 Å². The summed E-state index contributed by atoms with van der Waals surface area (Å²) >= 11 is 1.58. The van der Waals surface area contributed by atoms with Crippen molar-refractivity contribution in [2.45, 2.75) is 51.7 Å². The van der Waals surface area contributed by atoms with E-state index in [0.717, 1.165) is 43.2 Å². The maximum absolute atomic E-state index is 12.8. The minimum absolute atomic E-state index is 0.136. The van der Waals surface area contributed by atoms with E-state index in [9.17, 15) is 9.59 Å². The van der Waals surface area contributed by atoms with Gasteiger partial charge in [-0.1, -0.05) is 35.4 Å². The molecule has 6 nitrogen and oxygen atoms in total. The second-order valence-corrected chi connectivity index (χ2v) is 9.84. The van der Waals surface area contributed by atoms with Crippen LogP contribution in [-0.2, 0) is 25.0 Å². The molecule has 0 N–H and O–H groups in total. The zero-order valence-corrected chi connectivity index (χ0v) is 18.2. The zero-order chi connectivity index (χ0) is 20.9.